The van der Waals surface area contributed by atoms with E-state index >= 15 is 0 Å². The van der Waals surface area contributed by atoms with E-state index in [2.05, 4.69) is 10.4 Å². The van der Waals surface area contributed by atoms with E-state index in [0.717, 1.165) is 16.7 Å². The van der Waals surface area contributed by atoms with Gasteiger partial charge in [0.15, 0.2) is 5.82 Å². The van der Waals surface area contributed by atoms with Crippen LogP contribution in [0.3, 0.4) is 0 Å². The van der Waals surface area contributed by atoms with Crippen LogP contribution in [0.2, 0.25) is 10.0 Å². The number of hydrogen-bond donors (Lipinski definition) is 1. The molecule has 0 aliphatic heterocycles. The first-order chi connectivity index (χ1) is 15.9. The first-order valence-electron chi connectivity index (χ1n) is 10.1. The molecule has 168 valence electrons. The van der Waals surface area contributed by atoms with Gasteiger partial charge in [-0.25, -0.2) is 4.39 Å². The van der Waals surface area contributed by atoms with Crippen molar-refractivity contribution in [2.45, 2.75) is 20.1 Å². The molecule has 0 spiro atoms. The molecule has 1 N–H and O–H groups in total. The van der Waals surface area contributed by atoms with E-state index in [1.807, 2.05) is 31.2 Å². The van der Waals surface area contributed by atoms with Gasteiger partial charge >= 0.3 is 0 Å². The third-order valence-electron chi connectivity index (χ3n) is 4.88. The molecule has 0 saturated heterocycles. The maximum atomic E-state index is 13.4. The van der Waals surface area contributed by atoms with Crippen molar-refractivity contribution in [2.75, 3.05) is 5.32 Å². The predicted octanol–water partition coefficient (Wildman–Crippen LogP) is 6.52. The molecule has 1 aromatic heterocycles. The van der Waals surface area contributed by atoms with Crippen LogP contribution in [0.25, 0.3) is 0 Å². The van der Waals surface area contributed by atoms with Crippen molar-refractivity contribution in [3.8, 4) is 5.75 Å². The number of ether oxygens (including phenoxy) is 1. The van der Waals surface area contributed by atoms with Crippen molar-refractivity contribution in [3.05, 3.63) is 111 Å². The van der Waals surface area contributed by atoms with Crippen LogP contribution in [0.15, 0.2) is 72.9 Å². The summed E-state index contributed by atoms with van der Waals surface area (Å²) in [5.74, 6) is 0.179. The summed E-state index contributed by atoms with van der Waals surface area (Å²) in [6.07, 6.45) is 1.58. The van der Waals surface area contributed by atoms with Crippen LogP contribution in [0.4, 0.5) is 10.2 Å². The number of carbonyl (C=O) groups is 1. The molecule has 0 bridgehead atoms. The summed E-state index contributed by atoms with van der Waals surface area (Å²) < 4.78 is 20.7. The summed E-state index contributed by atoms with van der Waals surface area (Å²) in [5.41, 5.74) is 3.12. The molecule has 0 saturated carbocycles. The van der Waals surface area contributed by atoms with Gasteiger partial charge in [0.2, 0.25) is 0 Å². The van der Waals surface area contributed by atoms with Gasteiger partial charge in [-0.2, -0.15) is 5.10 Å². The quantitative estimate of drug-likeness (QED) is 0.325. The number of nitrogens with zero attached hydrogens (tertiary/aromatic N) is 2. The smallest absolute Gasteiger partial charge is 0.256 e. The molecule has 33 heavy (non-hydrogen) atoms. The monoisotopic (exact) mass is 483 g/mol. The second kappa shape index (κ2) is 10.1. The highest BCUT2D eigenvalue weighted by molar-refractivity contribution is 6.33. The molecule has 4 aromatic rings. The number of rotatable bonds is 7. The Morgan fingerprint density at radius 2 is 1.82 bits per heavy atom. The number of carbonyl (C=O) groups excluding carboxylic acids is 1. The van der Waals surface area contributed by atoms with E-state index in [9.17, 15) is 9.18 Å². The molecular formula is C25H20Cl2FN3O2. The third kappa shape index (κ3) is 5.92. The van der Waals surface area contributed by atoms with Crippen molar-refractivity contribution in [1.29, 1.82) is 0 Å². The summed E-state index contributed by atoms with van der Waals surface area (Å²) in [7, 11) is 0. The highest BCUT2D eigenvalue weighted by atomic mass is 35.5. The Morgan fingerprint density at radius 3 is 2.58 bits per heavy atom. The van der Waals surface area contributed by atoms with E-state index in [4.69, 9.17) is 27.9 Å². The van der Waals surface area contributed by atoms with E-state index < -0.39 is 0 Å². The first-order valence-corrected chi connectivity index (χ1v) is 10.9. The van der Waals surface area contributed by atoms with E-state index in [0.29, 0.717) is 34.5 Å². The van der Waals surface area contributed by atoms with Gasteiger partial charge in [0, 0.05) is 11.8 Å². The van der Waals surface area contributed by atoms with Gasteiger partial charge in [0.1, 0.15) is 23.2 Å². The average Bonchev–Trinajstić information content (AvgIpc) is 3.13. The highest BCUT2D eigenvalue weighted by Gasteiger charge is 2.13. The van der Waals surface area contributed by atoms with Gasteiger partial charge in [0.25, 0.3) is 5.91 Å². The number of halogens is 3. The standard InChI is InChI=1S/C25H20Cl2FN3O2/c1-16-5-10-21(26)23(11-16)33-15-17-6-8-19(9-7-17)25(32)29-24-22(27)14-31(30-24)13-18-3-2-4-20(28)12-18/h2-12,14H,13,15H2,1H3,(H,29,30,32). The fourth-order valence-electron chi connectivity index (χ4n) is 3.20. The topological polar surface area (TPSA) is 56.1 Å². The summed E-state index contributed by atoms with van der Waals surface area (Å²) >= 11 is 12.4. The van der Waals surface area contributed by atoms with Crippen LogP contribution >= 0.6 is 23.2 Å². The fraction of sp³-hybridized carbons (Fsp3) is 0.120. The van der Waals surface area contributed by atoms with Crippen molar-refractivity contribution in [3.63, 3.8) is 0 Å². The minimum Gasteiger partial charge on any atom is -0.487 e. The zero-order valence-corrected chi connectivity index (χ0v) is 19.2. The van der Waals surface area contributed by atoms with Gasteiger partial charge in [-0.3, -0.25) is 9.48 Å². The van der Waals surface area contributed by atoms with Crippen LogP contribution in [0, 0.1) is 12.7 Å². The molecule has 0 fully saturated rings. The van der Waals surface area contributed by atoms with Crippen LogP contribution in [-0.2, 0) is 13.2 Å². The Morgan fingerprint density at radius 1 is 1.03 bits per heavy atom. The minimum atomic E-state index is -0.345. The summed E-state index contributed by atoms with van der Waals surface area (Å²) in [6.45, 7) is 2.61. The number of aryl methyl sites for hydroxylation is 1. The van der Waals surface area contributed by atoms with Crippen molar-refractivity contribution < 1.29 is 13.9 Å². The molecule has 8 heteroatoms. The molecular weight excluding hydrogens is 464 g/mol. The zero-order valence-electron chi connectivity index (χ0n) is 17.7. The maximum absolute atomic E-state index is 13.4. The predicted molar refractivity (Wildman–Crippen MR) is 128 cm³/mol. The minimum absolute atomic E-state index is 0.236. The molecule has 4 rings (SSSR count). The lowest BCUT2D eigenvalue weighted by atomic mass is 10.1. The maximum Gasteiger partial charge on any atom is 0.256 e. The number of benzene rings is 3. The van der Waals surface area contributed by atoms with E-state index in [1.54, 1.807) is 41.2 Å². The van der Waals surface area contributed by atoms with Crippen molar-refractivity contribution in [1.82, 2.24) is 9.78 Å². The lowest BCUT2D eigenvalue weighted by Crippen LogP contribution is -2.13. The lowest BCUT2D eigenvalue weighted by Gasteiger charge is -2.09. The lowest BCUT2D eigenvalue weighted by molar-refractivity contribution is 0.102. The number of nitrogens with one attached hydrogen (secondary N) is 1. The Kier molecular flexibility index (Phi) is 6.96. The Balaban J connectivity index is 1.37. The van der Waals surface area contributed by atoms with Gasteiger partial charge in [-0.05, 0) is 60.0 Å². The number of aromatic nitrogens is 2. The summed E-state index contributed by atoms with van der Waals surface area (Å²) in [6, 6.07) is 18.8. The van der Waals surface area contributed by atoms with E-state index in [-0.39, 0.29) is 17.5 Å². The summed E-state index contributed by atoms with van der Waals surface area (Å²) in [5, 5.41) is 7.84. The van der Waals surface area contributed by atoms with Crippen molar-refractivity contribution >= 4 is 34.9 Å². The second-order valence-corrected chi connectivity index (χ2v) is 8.34. The Labute approximate surface area is 200 Å². The van der Waals surface area contributed by atoms with Gasteiger partial charge < -0.3 is 10.1 Å². The molecule has 0 atom stereocenters. The molecule has 5 nitrogen and oxygen atoms in total. The second-order valence-electron chi connectivity index (χ2n) is 7.53. The van der Waals surface area contributed by atoms with Crippen LogP contribution in [-0.4, -0.2) is 15.7 Å². The Bertz CT molecular complexity index is 1290. The van der Waals surface area contributed by atoms with Crippen LogP contribution in [0.5, 0.6) is 5.75 Å². The molecule has 0 unspecified atom stereocenters. The van der Waals surface area contributed by atoms with E-state index in [1.165, 1.54) is 12.1 Å². The molecule has 3 aromatic carbocycles. The fourth-order valence-corrected chi connectivity index (χ4v) is 3.57. The number of anilines is 1. The number of hydrogen-bond acceptors (Lipinski definition) is 3. The van der Waals surface area contributed by atoms with Gasteiger partial charge in [0.05, 0.1) is 11.6 Å². The van der Waals surface area contributed by atoms with Gasteiger partial charge in [-0.15, -0.1) is 0 Å². The molecule has 0 aliphatic rings. The molecule has 1 amide bonds. The van der Waals surface area contributed by atoms with Crippen LogP contribution in [0.1, 0.15) is 27.0 Å². The molecule has 1 heterocycles. The van der Waals surface area contributed by atoms with Crippen molar-refractivity contribution in [2.24, 2.45) is 0 Å². The molecule has 0 aliphatic carbocycles. The van der Waals surface area contributed by atoms with Crippen LogP contribution < -0.4 is 10.1 Å². The van der Waals surface area contributed by atoms with Gasteiger partial charge in [-0.1, -0.05) is 53.5 Å². The SMILES string of the molecule is Cc1ccc(Cl)c(OCc2ccc(C(=O)Nc3nn(Cc4cccc(F)c4)cc3Cl)cc2)c1. The largest absolute Gasteiger partial charge is 0.487 e. The third-order valence-corrected chi connectivity index (χ3v) is 5.47. The Hall–Kier alpha value is -3.35. The zero-order chi connectivity index (χ0) is 23.4. The highest BCUT2D eigenvalue weighted by Crippen LogP contribution is 2.26. The first kappa shape index (κ1) is 22.8. The normalized spacial score (nSPS) is 10.8. The average molecular weight is 484 g/mol. The summed E-state index contributed by atoms with van der Waals surface area (Å²) in [4.78, 5) is 12.6. The molecule has 0 radical (unpaired) electrons. The number of amides is 1.